The predicted octanol–water partition coefficient (Wildman–Crippen LogP) is 4.15. The van der Waals surface area contributed by atoms with Crippen LogP contribution in [0.3, 0.4) is 0 Å². The maximum Gasteiger partial charge on any atom is 0.336 e. The summed E-state index contributed by atoms with van der Waals surface area (Å²) in [4.78, 5) is 15.8. The third-order valence-electron chi connectivity index (χ3n) is 3.18. The SMILES string of the molecule is O=c1ccc2c(ccc3nc(Nc4ccccc4)sc32)o1. The molecule has 0 aliphatic carbocycles. The van der Waals surface area contributed by atoms with Crippen LogP contribution in [0.5, 0.6) is 0 Å². The third kappa shape index (κ3) is 2.17. The van der Waals surface area contributed by atoms with E-state index in [0.29, 0.717) is 5.58 Å². The second-order valence-electron chi connectivity index (χ2n) is 4.59. The van der Waals surface area contributed by atoms with Gasteiger partial charge in [0, 0.05) is 17.1 Å². The topological polar surface area (TPSA) is 55.1 Å². The number of benzene rings is 2. The zero-order chi connectivity index (χ0) is 14.2. The number of thiazole rings is 1. The van der Waals surface area contributed by atoms with E-state index in [1.54, 1.807) is 23.5 Å². The molecule has 0 fully saturated rings. The zero-order valence-corrected chi connectivity index (χ0v) is 11.7. The molecule has 2 aromatic carbocycles. The van der Waals surface area contributed by atoms with Gasteiger partial charge in [0.15, 0.2) is 5.13 Å². The van der Waals surface area contributed by atoms with Crippen molar-refractivity contribution >= 4 is 43.3 Å². The standard InChI is InChI=1S/C16H10N2O2S/c19-14-9-6-11-13(20-14)8-7-12-15(11)21-16(18-12)17-10-4-2-1-3-5-10/h1-9H,(H,17,18). The lowest BCUT2D eigenvalue weighted by atomic mass is 10.2. The van der Waals surface area contributed by atoms with E-state index in [9.17, 15) is 4.79 Å². The first kappa shape index (κ1) is 12.1. The normalized spacial score (nSPS) is 11.0. The number of nitrogens with one attached hydrogen (secondary N) is 1. The fourth-order valence-corrected chi connectivity index (χ4v) is 3.24. The van der Waals surface area contributed by atoms with Gasteiger partial charge in [-0.3, -0.25) is 0 Å². The first-order valence-corrected chi connectivity index (χ1v) is 7.27. The van der Waals surface area contributed by atoms with Crippen LogP contribution in [0, 0.1) is 0 Å². The van der Waals surface area contributed by atoms with Crippen LogP contribution >= 0.6 is 11.3 Å². The Morgan fingerprint density at radius 3 is 2.71 bits per heavy atom. The predicted molar refractivity (Wildman–Crippen MR) is 85.4 cm³/mol. The van der Waals surface area contributed by atoms with Crippen molar-refractivity contribution in [1.29, 1.82) is 0 Å². The van der Waals surface area contributed by atoms with Gasteiger partial charge in [-0.05, 0) is 30.3 Å². The molecule has 0 spiro atoms. The van der Waals surface area contributed by atoms with Gasteiger partial charge in [0.1, 0.15) is 5.58 Å². The summed E-state index contributed by atoms with van der Waals surface area (Å²) in [6, 6.07) is 16.8. The average Bonchev–Trinajstić information content (AvgIpc) is 2.90. The van der Waals surface area contributed by atoms with Crippen molar-refractivity contribution < 1.29 is 4.42 Å². The molecule has 0 radical (unpaired) electrons. The molecule has 0 amide bonds. The van der Waals surface area contributed by atoms with E-state index in [4.69, 9.17) is 4.42 Å². The number of rotatable bonds is 2. The summed E-state index contributed by atoms with van der Waals surface area (Å²) in [6.07, 6.45) is 0. The van der Waals surface area contributed by atoms with Crippen molar-refractivity contribution in [2.75, 3.05) is 5.32 Å². The van der Waals surface area contributed by atoms with Gasteiger partial charge in [0.05, 0.1) is 10.2 Å². The van der Waals surface area contributed by atoms with Crippen molar-refractivity contribution in [3.05, 3.63) is 65.0 Å². The largest absolute Gasteiger partial charge is 0.423 e. The summed E-state index contributed by atoms with van der Waals surface area (Å²) in [7, 11) is 0. The summed E-state index contributed by atoms with van der Waals surface area (Å²) in [5, 5.41) is 5.01. The van der Waals surface area contributed by atoms with Crippen molar-refractivity contribution in [2.24, 2.45) is 0 Å². The number of fused-ring (bicyclic) bond motifs is 3. The van der Waals surface area contributed by atoms with E-state index < -0.39 is 0 Å². The monoisotopic (exact) mass is 294 g/mol. The van der Waals surface area contributed by atoms with E-state index in [0.717, 1.165) is 26.4 Å². The average molecular weight is 294 g/mol. The second kappa shape index (κ2) is 4.71. The van der Waals surface area contributed by atoms with Gasteiger partial charge < -0.3 is 9.73 Å². The molecule has 0 atom stereocenters. The smallest absolute Gasteiger partial charge is 0.336 e. The molecule has 0 unspecified atom stereocenters. The molecular formula is C16H10N2O2S. The summed E-state index contributed by atoms with van der Waals surface area (Å²) < 4.78 is 6.21. The Labute approximate surface area is 123 Å². The Morgan fingerprint density at radius 2 is 1.86 bits per heavy atom. The van der Waals surface area contributed by atoms with Gasteiger partial charge in [-0.1, -0.05) is 29.5 Å². The fourth-order valence-electron chi connectivity index (χ4n) is 2.23. The lowest BCUT2D eigenvalue weighted by molar-refractivity contribution is 0.561. The minimum atomic E-state index is -0.339. The van der Waals surface area contributed by atoms with Gasteiger partial charge in [-0.25, -0.2) is 9.78 Å². The molecule has 0 bridgehead atoms. The minimum absolute atomic E-state index is 0.339. The molecule has 1 N–H and O–H groups in total. The number of para-hydroxylation sites is 1. The molecule has 5 heteroatoms. The minimum Gasteiger partial charge on any atom is -0.423 e. The molecule has 102 valence electrons. The molecule has 4 aromatic rings. The van der Waals surface area contributed by atoms with Gasteiger partial charge in [-0.15, -0.1) is 0 Å². The Morgan fingerprint density at radius 1 is 1.00 bits per heavy atom. The van der Waals surface area contributed by atoms with E-state index in [-0.39, 0.29) is 5.63 Å². The summed E-state index contributed by atoms with van der Waals surface area (Å²) >= 11 is 1.54. The van der Waals surface area contributed by atoms with Crippen molar-refractivity contribution in [2.45, 2.75) is 0 Å². The van der Waals surface area contributed by atoms with Crippen LogP contribution in [0.15, 0.2) is 63.8 Å². The number of nitrogens with zero attached hydrogens (tertiary/aromatic N) is 1. The maximum atomic E-state index is 11.3. The van der Waals surface area contributed by atoms with Gasteiger partial charge in [0.25, 0.3) is 0 Å². The number of hydrogen-bond donors (Lipinski definition) is 1. The van der Waals surface area contributed by atoms with Gasteiger partial charge in [0.2, 0.25) is 0 Å². The highest BCUT2D eigenvalue weighted by Gasteiger charge is 2.09. The quantitative estimate of drug-likeness (QED) is 0.564. The van der Waals surface area contributed by atoms with E-state index in [1.807, 2.05) is 36.4 Å². The van der Waals surface area contributed by atoms with E-state index in [2.05, 4.69) is 10.3 Å². The maximum absolute atomic E-state index is 11.3. The highest BCUT2D eigenvalue weighted by atomic mass is 32.1. The Bertz CT molecular complexity index is 989. The van der Waals surface area contributed by atoms with Crippen LogP contribution in [0.2, 0.25) is 0 Å². The van der Waals surface area contributed by atoms with E-state index in [1.165, 1.54) is 6.07 Å². The molecule has 2 aromatic heterocycles. The molecule has 4 nitrogen and oxygen atoms in total. The number of aromatic nitrogens is 1. The highest BCUT2D eigenvalue weighted by molar-refractivity contribution is 7.23. The highest BCUT2D eigenvalue weighted by Crippen LogP contribution is 2.33. The molecule has 2 heterocycles. The first-order chi connectivity index (χ1) is 10.3. The third-order valence-corrected chi connectivity index (χ3v) is 4.20. The summed E-state index contributed by atoms with van der Waals surface area (Å²) in [5.41, 5.74) is 2.13. The fraction of sp³-hybridized carbons (Fsp3) is 0. The number of anilines is 2. The Kier molecular flexibility index (Phi) is 2.72. The lowest BCUT2D eigenvalue weighted by Gasteiger charge is -1.99. The zero-order valence-electron chi connectivity index (χ0n) is 10.9. The lowest BCUT2D eigenvalue weighted by Crippen LogP contribution is -1.93. The molecule has 21 heavy (non-hydrogen) atoms. The Hall–Kier alpha value is -2.66. The van der Waals surface area contributed by atoms with Crippen LogP contribution in [-0.4, -0.2) is 4.98 Å². The Balaban J connectivity index is 1.86. The van der Waals surface area contributed by atoms with E-state index >= 15 is 0 Å². The van der Waals surface area contributed by atoms with Crippen LogP contribution in [0.4, 0.5) is 10.8 Å². The molecular weight excluding hydrogens is 284 g/mol. The van der Waals surface area contributed by atoms with Crippen LogP contribution in [0.1, 0.15) is 0 Å². The molecule has 0 aliphatic heterocycles. The second-order valence-corrected chi connectivity index (χ2v) is 5.59. The van der Waals surface area contributed by atoms with Crippen molar-refractivity contribution in [3.8, 4) is 0 Å². The molecule has 0 saturated carbocycles. The molecule has 0 saturated heterocycles. The van der Waals surface area contributed by atoms with Crippen LogP contribution < -0.4 is 10.9 Å². The molecule has 0 aliphatic rings. The van der Waals surface area contributed by atoms with Crippen LogP contribution in [0.25, 0.3) is 21.2 Å². The number of hydrogen-bond acceptors (Lipinski definition) is 5. The summed E-state index contributed by atoms with van der Waals surface area (Å²) in [5.74, 6) is 0. The first-order valence-electron chi connectivity index (χ1n) is 6.45. The molecule has 4 rings (SSSR count). The van der Waals surface area contributed by atoms with Crippen molar-refractivity contribution in [3.63, 3.8) is 0 Å². The van der Waals surface area contributed by atoms with Gasteiger partial charge in [-0.2, -0.15) is 0 Å². The summed E-state index contributed by atoms with van der Waals surface area (Å²) in [6.45, 7) is 0. The van der Waals surface area contributed by atoms with Crippen molar-refractivity contribution in [1.82, 2.24) is 4.98 Å². The van der Waals surface area contributed by atoms with Gasteiger partial charge >= 0.3 is 5.63 Å². The van der Waals surface area contributed by atoms with Crippen LogP contribution in [-0.2, 0) is 0 Å².